The lowest BCUT2D eigenvalue weighted by Gasteiger charge is -2.08. The Labute approximate surface area is 154 Å². The Morgan fingerprint density at radius 2 is 1.88 bits per heavy atom. The Morgan fingerprint density at radius 3 is 2.50 bits per heavy atom. The van der Waals surface area contributed by atoms with Crippen molar-refractivity contribution < 1.29 is 17.9 Å². The van der Waals surface area contributed by atoms with Gasteiger partial charge in [-0.3, -0.25) is 4.79 Å². The van der Waals surface area contributed by atoms with Gasteiger partial charge in [-0.25, -0.2) is 13.1 Å². The van der Waals surface area contributed by atoms with Gasteiger partial charge < -0.3 is 4.74 Å². The van der Waals surface area contributed by atoms with Crippen molar-refractivity contribution in [1.82, 2.24) is 4.72 Å². The number of carbonyl (C=O) groups excluding carboxylic acids is 1. The summed E-state index contributed by atoms with van der Waals surface area (Å²) in [5.41, 5.74) is 0. The predicted molar refractivity (Wildman–Crippen MR) is 97.2 cm³/mol. The number of thiophene rings is 1. The van der Waals surface area contributed by atoms with Crippen molar-refractivity contribution in [3.05, 3.63) is 50.1 Å². The molecule has 0 aliphatic rings. The van der Waals surface area contributed by atoms with Crippen molar-refractivity contribution in [2.75, 3.05) is 19.4 Å². The van der Waals surface area contributed by atoms with E-state index in [1.54, 1.807) is 30.3 Å². The molecule has 1 aromatic heterocycles. The Balaban J connectivity index is 1.91. The predicted octanol–water partition coefficient (Wildman–Crippen LogP) is 3.41. The summed E-state index contributed by atoms with van der Waals surface area (Å²) in [4.78, 5) is 13.6. The fourth-order valence-corrected chi connectivity index (χ4v) is 3.76. The number of sulfonamides is 1. The average molecular weight is 408 g/mol. The third-order valence-electron chi connectivity index (χ3n) is 2.94. The summed E-state index contributed by atoms with van der Waals surface area (Å²) in [5.74, 6) is 0.0848. The number of carbonyl (C=O) groups is 1. The number of ether oxygens (including phenoxy) is 1. The molecule has 0 fully saturated rings. The van der Waals surface area contributed by atoms with Crippen molar-refractivity contribution in [3.8, 4) is 5.75 Å². The van der Waals surface area contributed by atoms with Crippen LogP contribution in [0.25, 0.3) is 0 Å². The molecule has 0 aliphatic heterocycles. The topological polar surface area (TPSA) is 72.5 Å². The Hall–Kier alpha value is -1.12. The maximum atomic E-state index is 12.2. The Kier molecular flexibility index (Phi) is 6.65. The van der Waals surface area contributed by atoms with E-state index in [1.165, 1.54) is 11.3 Å². The molecule has 0 spiro atoms. The molecule has 1 N–H and O–H groups in total. The number of rotatable bonds is 8. The van der Waals surface area contributed by atoms with Gasteiger partial charge in [0.05, 0.1) is 21.2 Å². The van der Waals surface area contributed by atoms with Gasteiger partial charge in [0, 0.05) is 11.4 Å². The number of hydrogen-bond donors (Lipinski definition) is 1. The van der Waals surface area contributed by atoms with E-state index < -0.39 is 10.0 Å². The fraction of sp³-hybridized carbons (Fsp3) is 0.267. The molecule has 0 bridgehead atoms. The molecule has 0 saturated heterocycles. The van der Waals surface area contributed by atoms with E-state index in [1.807, 2.05) is 0 Å². The number of benzene rings is 1. The van der Waals surface area contributed by atoms with Crippen molar-refractivity contribution in [3.63, 3.8) is 0 Å². The summed E-state index contributed by atoms with van der Waals surface area (Å²) in [6.45, 7) is 0.115. The average Bonchev–Trinajstić information content (AvgIpc) is 2.94. The molecule has 130 valence electrons. The summed E-state index contributed by atoms with van der Waals surface area (Å²) in [7, 11) is -3.21. The minimum atomic E-state index is -3.21. The molecule has 5 nitrogen and oxygen atoms in total. The van der Waals surface area contributed by atoms with Gasteiger partial charge in [0.25, 0.3) is 0 Å². The van der Waals surface area contributed by atoms with Gasteiger partial charge in [-0.05, 0) is 30.7 Å². The van der Waals surface area contributed by atoms with Gasteiger partial charge in [0.15, 0.2) is 12.4 Å². The second kappa shape index (κ2) is 8.31. The molecule has 0 unspecified atom stereocenters. The van der Waals surface area contributed by atoms with Crippen molar-refractivity contribution in [2.24, 2.45) is 0 Å². The first kappa shape index (κ1) is 19.2. The Bertz CT molecular complexity index is 813. The zero-order chi connectivity index (χ0) is 17.7. The lowest BCUT2D eigenvalue weighted by atomic mass is 10.3. The summed E-state index contributed by atoms with van der Waals surface area (Å²) in [6.07, 6.45) is 1.62. The normalized spacial score (nSPS) is 11.5. The standard InChI is InChI=1S/C15H15Cl2NO4S2/c1-24(20,21)18-8-7-10-5-6-14(23-10)13(19)9-22-15-11(16)3-2-4-12(15)17/h2-6,18H,7-9H2,1H3. The van der Waals surface area contributed by atoms with E-state index >= 15 is 0 Å². The molecular weight excluding hydrogens is 393 g/mol. The number of halogens is 2. The molecule has 0 amide bonds. The van der Waals surface area contributed by atoms with E-state index in [0.717, 1.165) is 11.1 Å². The van der Waals surface area contributed by atoms with Crippen LogP contribution >= 0.6 is 34.5 Å². The van der Waals surface area contributed by atoms with Crippen LogP contribution in [-0.4, -0.2) is 33.6 Å². The molecule has 1 heterocycles. The Morgan fingerprint density at radius 1 is 1.21 bits per heavy atom. The third kappa shape index (κ3) is 5.75. The van der Waals surface area contributed by atoms with Crippen molar-refractivity contribution in [2.45, 2.75) is 6.42 Å². The highest BCUT2D eigenvalue weighted by atomic mass is 35.5. The lowest BCUT2D eigenvalue weighted by Crippen LogP contribution is -2.24. The molecule has 2 aromatic rings. The lowest BCUT2D eigenvalue weighted by molar-refractivity contribution is 0.0926. The van der Waals surface area contributed by atoms with Crippen LogP contribution in [0.3, 0.4) is 0 Å². The molecule has 0 radical (unpaired) electrons. The highest BCUT2D eigenvalue weighted by Gasteiger charge is 2.13. The molecule has 2 rings (SSSR count). The third-order valence-corrected chi connectivity index (χ3v) is 5.45. The number of para-hydroxylation sites is 1. The number of Topliss-reactive ketones (excluding diaryl/α,β-unsaturated/α-hetero) is 1. The molecule has 0 aliphatic carbocycles. The van der Waals surface area contributed by atoms with E-state index in [4.69, 9.17) is 27.9 Å². The van der Waals surface area contributed by atoms with Crippen molar-refractivity contribution >= 4 is 50.3 Å². The van der Waals surface area contributed by atoms with Gasteiger partial charge in [-0.15, -0.1) is 11.3 Å². The molecule has 0 saturated carbocycles. The van der Waals surface area contributed by atoms with Crippen LogP contribution in [0.4, 0.5) is 0 Å². The van der Waals surface area contributed by atoms with E-state index in [0.29, 0.717) is 27.9 Å². The van der Waals surface area contributed by atoms with Crippen LogP contribution in [-0.2, 0) is 16.4 Å². The second-order valence-electron chi connectivity index (χ2n) is 4.95. The minimum absolute atomic E-state index is 0.176. The first-order chi connectivity index (χ1) is 11.3. The maximum absolute atomic E-state index is 12.2. The zero-order valence-electron chi connectivity index (χ0n) is 12.7. The van der Waals surface area contributed by atoms with Gasteiger partial charge >= 0.3 is 0 Å². The first-order valence-corrected chi connectivity index (χ1v) is 10.4. The van der Waals surface area contributed by atoms with Gasteiger partial charge in [0.1, 0.15) is 0 Å². The van der Waals surface area contributed by atoms with Crippen LogP contribution in [0.5, 0.6) is 5.75 Å². The van der Waals surface area contributed by atoms with Crippen LogP contribution in [0.1, 0.15) is 14.5 Å². The number of nitrogens with one attached hydrogen (secondary N) is 1. The SMILES string of the molecule is CS(=O)(=O)NCCc1ccc(C(=O)COc2c(Cl)cccc2Cl)s1. The summed E-state index contributed by atoms with van der Waals surface area (Å²) < 4.78 is 29.8. The molecule has 1 aromatic carbocycles. The molecule has 9 heteroatoms. The molecule has 24 heavy (non-hydrogen) atoms. The van der Waals surface area contributed by atoms with Crippen LogP contribution in [0.15, 0.2) is 30.3 Å². The monoisotopic (exact) mass is 407 g/mol. The summed E-state index contributed by atoms with van der Waals surface area (Å²) >= 11 is 13.3. The van der Waals surface area contributed by atoms with Crippen LogP contribution in [0, 0.1) is 0 Å². The highest BCUT2D eigenvalue weighted by Crippen LogP contribution is 2.32. The highest BCUT2D eigenvalue weighted by molar-refractivity contribution is 7.88. The first-order valence-electron chi connectivity index (χ1n) is 6.89. The molecule has 0 atom stereocenters. The fourth-order valence-electron chi connectivity index (χ4n) is 1.85. The second-order valence-corrected chi connectivity index (χ2v) is 8.76. The zero-order valence-corrected chi connectivity index (χ0v) is 15.9. The summed E-state index contributed by atoms with van der Waals surface area (Å²) in [6, 6.07) is 8.44. The van der Waals surface area contributed by atoms with Gasteiger partial charge in [-0.2, -0.15) is 0 Å². The number of ketones is 1. The summed E-state index contributed by atoms with van der Waals surface area (Å²) in [5, 5.41) is 0.683. The number of hydrogen-bond acceptors (Lipinski definition) is 5. The van der Waals surface area contributed by atoms with Crippen molar-refractivity contribution in [1.29, 1.82) is 0 Å². The quantitative estimate of drug-likeness (QED) is 0.680. The van der Waals surface area contributed by atoms with E-state index in [2.05, 4.69) is 4.72 Å². The largest absolute Gasteiger partial charge is 0.482 e. The van der Waals surface area contributed by atoms with Crippen LogP contribution < -0.4 is 9.46 Å². The molecular formula is C15H15Cl2NO4S2. The van der Waals surface area contributed by atoms with Gasteiger partial charge in [-0.1, -0.05) is 29.3 Å². The van der Waals surface area contributed by atoms with Gasteiger partial charge in [0.2, 0.25) is 15.8 Å². The minimum Gasteiger partial charge on any atom is -0.482 e. The smallest absolute Gasteiger partial charge is 0.210 e. The maximum Gasteiger partial charge on any atom is 0.210 e. The van der Waals surface area contributed by atoms with E-state index in [-0.39, 0.29) is 18.1 Å². The van der Waals surface area contributed by atoms with E-state index in [9.17, 15) is 13.2 Å². The van der Waals surface area contributed by atoms with Crippen LogP contribution in [0.2, 0.25) is 10.0 Å².